The molecule has 0 unspecified atom stereocenters. The van der Waals surface area contributed by atoms with Crippen molar-refractivity contribution in [3.63, 3.8) is 0 Å². The van der Waals surface area contributed by atoms with Gasteiger partial charge in [-0.15, -0.1) is 0 Å². The molecule has 0 atom stereocenters. The highest BCUT2D eigenvalue weighted by atomic mass is 16.3. The van der Waals surface area contributed by atoms with Crippen LogP contribution in [0, 0.1) is 0 Å². The Hall–Kier alpha value is -7.83. The Kier molecular flexibility index (Phi) is 6.83. The van der Waals surface area contributed by atoms with E-state index in [1.54, 1.807) is 0 Å². The van der Waals surface area contributed by atoms with Crippen molar-refractivity contribution in [3.8, 4) is 45.5 Å². The molecule has 4 aromatic heterocycles. The maximum Gasteiger partial charge on any atom is 0.238 e. The molecule has 0 fully saturated rings. The van der Waals surface area contributed by atoms with Crippen LogP contribution in [0.1, 0.15) is 0 Å². The first-order chi connectivity index (χ1) is 28.3. The van der Waals surface area contributed by atoms with Crippen LogP contribution in [0.4, 0.5) is 0 Å². The van der Waals surface area contributed by atoms with E-state index in [1.165, 1.54) is 10.9 Å². The predicted molar refractivity (Wildman–Crippen MR) is 232 cm³/mol. The Morgan fingerprint density at radius 2 is 0.895 bits per heavy atom. The number of fused-ring (bicyclic) bond motifs is 9. The molecule has 0 saturated carbocycles. The van der Waals surface area contributed by atoms with Crippen molar-refractivity contribution in [1.82, 2.24) is 24.1 Å². The van der Waals surface area contributed by atoms with Gasteiger partial charge in [0.25, 0.3) is 0 Å². The van der Waals surface area contributed by atoms with Crippen LogP contribution in [0.15, 0.2) is 192 Å². The van der Waals surface area contributed by atoms with Crippen LogP contribution < -0.4 is 0 Å². The molecule has 6 nitrogen and oxygen atoms in total. The largest absolute Gasteiger partial charge is 0.456 e. The Morgan fingerprint density at radius 3 is 1.58 bits per heavy atom. The fourth-order valence-corrected chi connectivity index (χ4v) is 8.62. The molecular weight excluding hydrogens is 699 g/mol. The van der Waals surface area contributed by atoms with Crippen molar-refractivity contribution in [3.05, 3.63) is 188 Å². The average molecular weight is 730 g/mol. The Labute approximate surface area is 326 Å². The minimum Gasteiger partial charge on any atom is -0.456 e. The molecule has 57 heavy (non-hydrogen) atoms. The molecule has 0 aliphatic rings. The van der Waals surface area contributed by atoms with Crippen LogP contribution in [0.25, 0.3) is 111 Å². The second kappa shape index (κ2) is 12.3. The average Bonchev–Trinajstić information content (AvgIpc) is 3.94. The van der Waals surface area contributed by atoms with Gasteiger partial charge in [0.2, 0.25) is 5.95 Å². The summed E-state index contributed by atoms with van der Waals surface area (Å²) < 4.78 is 11.0. The molecule has 266 valence electrons. The van der Waals surface area contributed by atoms with E-state index in [0.717, 1.165) is 82.5 Å². The first-order valence-corrected chi connectivity index (χ1v) is 19.1. The van der Waals surface area contributed by atoms with Crippen LogP contribution >= 0.6 is 0 Å². The summed E-state index contributed by atoms with van der Waals surface area (Å²) in [4.78, 5) is 15.6. The third-order valence-electron chi connectivity index (χ3n) is 11.2. The van der Waals surface area contributed by atoms with Gasteiger partial charge in [-0.3, -0.25) is 4.57 Å². The number of hydrogen-bond acceptors (Lipinski definition) is 4. The molecule has 0 amide bonds. The molecule has 0 aliphatic carbocycles. The van der Waals surface area contributed by atoms with E-state index in [9.17, 15) is 0 Å². The summed E-state index contributed by atoms with van der Waals surface area (Å²) in [5, 5.41) is 6.76. The monoisotopic (exact) mass is 729 g/mol. The van der Waals surface area contributed by atoms with E-state index in [4.69, 9.17) is 19.4 Å². The zero-order chi connectivity index (χ0) is 37.5. The lowest BCUT2D eigenvalue weighted by atomic mass is 10.0. The SMILES string of the molecule is c1ccc(-c2ccc3oc4cccc(-n5c6ccccc6c6ccc(-c7nc(-c8ccccc8)nc(-n8c9ccccc9c9ccccc98)n7)cc65)c4c3c2)cc1. The second-order valence-corrected chi connectivity index (χ2v) is 14.4. The fourth-order valence-electron chi connectivity index (χ4n) is 8.62. The van der Waals surface area contributed by atoms with Crippen LogP contribution in [-0.4, -0.2) is 24.1 Å². The van der Waals surface area contributed by atoms with Gasteiger partial charge in [-0.1, -0.05) is 140 Å². The molecule has 12 rings (SSSR count). The van der Waals surface area contributed by atoms with Crippen LogP contribution in [0.3, 0.4) is 0 Å². The van der Waals surface area contributed by atoms with E-state index in [-0.39, 0.29) is 0 Å². The van der Waals surface area contributed by atoms with Gasteiger partial charge in [-0.2, -0.15) is 9.97 Å². The minimum absolute atomic E-state index is 0.570. The number of aromatic nitrogens is 5. The highest BCUT2D eigenvalue weighted by molar-refractivity contribution is 6.15. The summed E-state index contributed by atoms with van der Waals surface area (Å²) in [6.45, 7) is 0. The van der Waals surface area contributed by atoms with E-state index >= 15 is 0 Å². The zero-order valence-corrected chi connectivity index (χ0v) is 30.5. The molecule has 0 radical (unpaired) electrons. The van der Waals surface area contributed by atoms with E-state index < -0.39 is 0 Å². The Balaban J connectivity index is 1.12. The summed E-state index contributed by atoms with van der Waals surface area (Å²) in [5.41, 5.74) is 11.1. The first kappa shape index (κ1) is 31.5. The van der Waals surface area contributed by atoms with Gasteiger partial charge in [0.1, 0.15) is 11.2 Å². The molecular formula is C51H31N5O. The maximum absolute atomic E-state index is 6.52. The van der Waals surface area contributed by atoms with Crippen LogP contribution in [-0.2, 0) is 0 Å². The number of furan rings is 1. The minimum atomic E-state index is 0.570. The standard InChI is InChI=1S/C51H31N5O/c1-3-14-32(15-4-1)34-27-29-46-40(30-34)48-44(24-13-25-47(48)57-46)55-41-21-10-7-20-38(41)39-28-26-35(31-45(39)55)50-52-49(33-16-5-2-6-17-33)53-51(54-50)56-42-22-11-8-18-36(42)37-19-9-12-23-43(37)56/h1-31H. The first-order valence-electron chi connectivity index (χ1n) is 19.1. The van der Waals surface area contributed by atoms with Crippen molar-refractivity contribution in [2.45, 2.75) is 0 Å². The van der Waals surface area contributed by atoms with Crippen LogP contribution in [0.2, 0.25) is 0 Å². The van der Waals surface area contributed by atoms with E-state index in [2.05, 4.69) is 179 Å². The summed E-state index contributed by atoms with van der Waals surface area (Å²) in [6, 6.07) is 65.5. The number of rotatable bonds is 5. The number of nitrogens with zero attached hydrogens (tertiary/aromatic N) is 5. The van der Waals surface area contributed by atoms with Gasteiger partial charge in [0.15, 0.2) is 11.6 Å². The van der Waals surface area contributed by atoms with Gasteiger partial charge >= 0.3 is 0 Å². The third kappa shape index (κ3) is 4.87. The van der Waals surface area contributed by atoms with Gasteiger partial charge in [0, 0.05) is 38.1 Å². The molecule has 0 saturated heterocycles. The number of hydrogen-bond donors (Lipinski definition) is 0. The van der Waals surface area contributed by atoms with Crippen molar-refractivity contribution in [2.24, 2.45) is 0 Å². The lowest BCUT2D eigenvalue weighted by molar-refractivity contribution is 0.669. The fraction of sp³-hybridized carbons (Fsp3) is 0. The lowest BCUT2D eigenvalue weighted by Crippen LogP contribution is -2.06. The van der Waals surface area contributed by atoms with Gasteiger partial charge in [-0.25, -0.2) is 4.98 Å². The molecule has 12 aromatic rings. The van der Waals surface area contributed by atoms with Crippen molar-refractivity contribution >= 4 is 65.6 Å². The highest BCUT2D eigenvalue weighted by Crippen LogP contribution is 2.41. The third-order valence-corrected chi connectivity index (χ3v) is 11.2. The van der Waals surface area contributed by atoms with Crippen LogP contribution in [0.5, 0.6) is 0 Å². The molecule has 0 bridgehead atoms. The quantitative estimate of drug-likeness (QED) is 0.177. The van der Waals surface area contributed by atoms with Gasteiger partial charge < -0.3 is 8.98 Å². The number of para-hydroxylation sites is 3. The maximum atomic E-state index is 6.52. The number of benzene rings is 8. The highest BCUT2D eigenvalue weighted by Gasteiger charge is 2.21. The molecule has 6 heteroatoms. The van der Waals surface area contributed by atoms with Gasteiger partial charge in [-0.05, 0) is 59.7 Å². The van der Waals surface area contributed by atoms with Gasteiger partial charge in [0.05, 0.1) is 33.1 Å². The second-order valence-electron chi connectivity index (χ2n) is 14.4. The Bertz CT molecular complexity index is 3470. The molecule has 0 N–H and O–H groups in total. The summed E-state index contributed by atoms with van der Waals surface area (Å²) in [6.07, 6.45) is 0. The summed E-state index contributed by atoms with van der Waals surface area (Å²) in [5.74, 6) is 1.78. The van der Waals surface area contributed by atoms with E-state index in [0.29, 0.717) is 17.6 Å². The molecule has 0 aliphatic heterocycles. The molecule has 8 aromatic carbocycles. The van der Waals surface area contributed by atoms with Crippen molar-refractivity contribution < 1.29 is 4.42 Å². The zero-order valence-electron chi connectivity index (χ0n) is 30.5. The van der Waals surface area contributed by atoms with Crippen molar-refractivity contribution in [1.29, 1.82) is 0 Å². The summed E-state index contributed by atoms with van der Waals surface area (Å²) >= 11 is 0. The Morgan fingerprint density at radius 1 is 0.333 bits per heavy atom. The topological polar surface area (TPSA) is 61.7 Å². The molecule has 0 spiro atoms. The summed E-state index contributed by atoms with van der Waals surface area (Å²) in [7, 11) is 0. The normalized spacial score (nSPS) is 11.9. The lowest BCUT2D eigenvalue weighted by Gasteiger charge is -2.12. The molecule has 4 heterocycles. The van der Waals surface area contributed by atoms with E-state index in [1.807, 2.05) is 18.2 Å². The predicted octanol–water partition coefficient (Wildman–Crippen LogP) is 13.0. The van der Waals surface area contributed by atoms with Crippen molar-refractivity contribution in [2.75, 3.05) is 0 Å². The smallest absolute Gasteiger partial charge is 0.238 e.